The number of likely N-dealkylation sites (tertiary alicyclic amines) is 1. The molecule has 0 bridgehead atoms. The average Bonchev–Trinajstić information content (AvgIpc) is 3.44. The summed E-state index contributed by atoms with van der Waals surface area (Å²) < 4.78 is 19.5. The maximum atomic E-state index is 13.6. The lowest BCUT2D eigenvalue weighted by atomic mass is 9.75. The molecule has 0 aliphatic carbocycles. The molecule has 36 heavy (non-hydrogen) atoms. The van der Waals surface area contributed by atoms with Crippen molar-refractivity contribution in [2.75, 3.05) is 36.9 Å². The molecule has 1 unspecified atom stereocenters. The number of aromatic amines is 1. The zero-order valence-electron chi connectivity index (χ0n) is 19.7. The number of anilines is 3. The number of aromatic nitrogens is 3. The van der Waals surface area contributed by atoms with Crippen molar-refractivity contribution in [3.63, 3.8) is 0 Å². The lowest BCUT2D eigenvalue weighted by molar-refractivity contribution is -0.140. The van der Waals surface area contributed by atoms with Gasteiger partial charge in [-0.2, -0.15) is 15.3 Å². The quantitative estimate of drug-likeness (QED) is 0.536. The normalized spacial score (nSPS) is 18.7. The van der Waals surface area contributed by atoms with Crippen molar-refractivity contribution in [3.8, 4) is 11.8 Å². The molecule has 2 N–H and O–H groups in total. The Morgan fingerprint density at radius 2 is 2.08 bits per heavy atom. The van der Waals surface area contributed by atoms with E-state index in [0.29, 0.717) is 60.4 Å². The lowest BCUT2D eigenvalue weighted by Gasteiger charge is -2.40. The number of H-pyrrole nitrogens is 1. The summed E-state index contributed by atoms with van der Waals surface area (Å²) in [6.45, 7) is 1.10. The van der Waals surface area contributed by atoms with Gasteiger partial charge in [-0.15, -0.1) is 0 Å². The van der Waals surface area contributed by atoms with Gasteiger partial charge in [0.1, 0.15) is 17.9 Å². The number of carbonyl (C=O) groups is 1. The zero-order chi connectivity index (χ0) is 25.3. The average molecular weight is 510 g/mol. The number of piperidine rings is 1. The summed E-state index contributed by atoms with van der Waals surface area (Å²) in [6.07, 6.45) is 2.20. The molecule has 1 saturated heterocycles. The third-order valence-corrected chi connectivity index (χ3v) is 7.20. The van der Waals surface area contributed by atoms with Crippen LogP contribution in [0.2, 0.25) is 5.02 Å². The van der Waals surface area contributed by atoms with Crippen LogP contribution in [0.1, 0.15) is 18.4 Å². The van der Waals surface area contributed by atoms with Crippen molar-refractivity contribution >= 4 is 34.8 Å². The van der Waals surface area contributed by atoms with Gasteiger partial charge in [0.15, 0.2) is 6.10 Å². The van der Waals surface area contributed by atoms with E-state index in [-0.39, 0.29) is 18.3 Å². The number of fused-ring (bicyclic) bond motifs is 1. The van der Waals surface area contributed by atoms with Crippen LogP contribution < -0.4 is 15.0 Å². The molecular weight excluding hydrogens is 485 g/mol. The van der Waals surface area contributed by atoms with Crippen molar-refractivity contribution in [1.82, 2.24) is 20.1 Å². The Hall–Kier alpha value is -3.84. The Labute approximate surface area is 212 Å². The van der Waals surface area contributed by atoms with Crippen LogP contribution in [-0.4, -0.2) is 58.8 Å². The summed E-state index contributed by atoms with van der Waals surface area (Å²) >= 11 is 6.40. The van der Waals surface area contributed by atoms with Gasteiger partial charge >= 0.3 is 0 Å². The molecule has 5 rings (SSSR count). The number of nitrogens with one attached hydrogen (secondary N) is 2. The molecule has 2 aliphatic heterocycles. The van der Waals surface area contributed by atoms with Gasteiger partial charge in [0, 0.05) is 26.2 Å². The van der Waals surface area contributed by atoms with E-state index in [4.69, 9.17) is 16.3 Å². The number of nitrogens with zero attached hydrogens (tertiary/aromatic N) is 5. The summed E-state index contributed by atoms with van der Waals surface area (Å²) in [5, 5.41) is 20.3. The number of amides is 1. The first-order valence-corrected chi connectivity index (χ1v) is 12.0. The molecule has 1 aromatic heterocycles. The molecular formula is C25H25ClFN7O2. The van der Waals surface area contributed by atoms with E-state index in [1.807, 2.05) is 4.90 Å². The lowest BCUT2D eigenvalue weighted by Crippen LogP contribution is -2.52. The van der Waals surface area contributed by atoms with Crippen molar-refractivity contribution in [2.45, 2.75) is 25.4 Å². The maximum absolute atomic E-state index is 13.6. The largest absolute Gasteiger partial charge is 0.476 e. The third-order valence-electron chi connectivity index (χ3n) is 6.88. The molecule has 3 heterocycles. The molecule has 1 fully saturated rings. The number of rotatable bonds is 5. The molecule has 9 nitrogen and oxygen atoms in total. The summed E-state index contributed by atoms with van der Waals surface area (Å²) in [5.74, 6) is 0.527. The first kappa shape index (κ1) is 23.9. The minimum atomic E-state index is -0.778. The van der Waals surface area contributed by atoms with Crippen LogP contribution in [0.25, 0.3) is 0 Å². The Bertz CT molecular complexity index is 1280. The van der Waals surface area contributed by atoms with E-state index < -0.39 is 11.5 Å². The van der Waals surface area contributed by atoms with Crippen molar-refractivity contribution in [3.05, 3.63) is 59.1 Å². The topological polar surface area (TPSA) is 110 Å². The molecule has 0 spiro atoms. The maximum Gasteiger partial charge on any atom is 0.265 e. The minimum Gasteiger partial charge on any atom is -0.476 e. The molecule has 11 heteroatoms. The number of ether oxygens (including phenoxy) is 1. The van der Waals surface area contributed by atoms with Crippen molar-refractivity contribution in [2.24, 2.45) is 5.41 Å². The summed E-state index contributed by atoms with van der Waals surface area (Å²) in [7, 11) is 1.76. The van der Waals surface area contributed by atoms with Gasteiger partial charge in [0.05, 0.1) is 34.4 Å². The predicted molar refractivity (Wildman–Crippen MR) is 133 cm³/mol. The van der Waals surface area contributed by atoms with E-state index in [2.05, 4.69) is 26.6 Å². The van der Waals surface area contributed by atoms with E-state index >= 15 is 0 Å². The number of benzene rings is 2. The van der Waals surface area contributed by atoms with Gasteiger partial charge in [0.25, 0.3) is 5.91 Å². The number of hydrogen-bond acceptors (Lipinski definition) is 7. The summed E-state index contributed by atoms with van der Waals surface area (Å²) in [5.41, 5.74) is 1.67. The fraction of sp³-hybridized carbons (Fsp3) is 0.360. The minimum absolute atomic E-state index is 0.153. The Kier molecular flexibility index (Phi) is 6.41. The first-order chi connectivity index (χ1) is 17.4. The molecule has 186 valence electrons. The highest BCUT2D eigenvalue weighted by Crippen LogP contribution is 2.43. The summed E-state index contributed by atoms with van der Waals surface area (Å²) in [6, 6.07) is 12.2. The smallest absolute Gasteiger partial charge is 0.265 e. The Morgan fingerprint density at radius 3 is 2.72 bits per heavy atom. The SMILES string of the molecule is CNc1cc2c(cc1Cl)N(c1ncn[nH]1)CC(C(=O)N1CCC(C#N)(Cc3ccc(F)cc3)CC1)O2. The molecule has 1 atom stereocenters. The molecule has 0 radical (unpaired) electrons. The monoisotopic (exact) mass is 509 g/mol. The number of halogens is 2. The van der Waals surface area contributed by atoms with Crippen LogP contribution in [0.4, 0.5) is 21.7 Å². The highest BCUT2D eigenvalue weighted by molar-refractivity contribution is 6.33. The standard InChI is InChI=1S/C25H25ClFN7O2/c1-29-19-11-21-20(10-18(19)26)34(24-30-15-31-32-24)13-22(36-21)23(35)33-8-6-25(14-28,7-9-33)12-16-2-4-17(27)5-3-16/h2-5,10-11,15,22,29H,6-9,12-13H2,1H3,(H,30,31,32). The van der Waals surface area contributed by atoms with Gasteiger partial charge < -0.3 is 19.9 Å². The van der Waals surface area contributed by atoms with Crippen LogP contribution in [0.3, 0.4) is 0 Å². The van der Waals surface area contributed by atoms with E-state index in [0.717, 1.165) is 5.56 Å². The molecule has 1 amide bonds. The summed E-state index contributed by atoms with van der Waals surface area (Å²) in [4.78, 5) is 21.4. The van der Waals surface area contributed by atoms with Gasteiger partial charge in [0.2, 0.25) is 5.95 Å². The molecule has 2 aliphatic rings. The Morgan fingerprint density at radius 1 is 1.33 bits per heavy atom. The second-order valence-corrected chi connectivity index (χ2v) is 9.50. The first-order valence-electron chi connectivity index (χ1n) is 11.7. The van der Waals surface area contributed by atoms with Crippen LogP contribution in [0.15, 0.2) is 42.7 Å². The predicted octanol–water partition coefficient (Wildman–Crippen LogP) is 3.91. The van der Waals surface area contributed by atoms with E-state index in [1.165, 1.54) is 18.5 Å². The molecule has 0 saturated carbocycles. The number of nitriles is 1. The fourth-order valence-corrected chi connectivity index (χ4v) is 5.08. The Balaban J connectivity index is 1.33. The van der Waals surface area contributed by atoms with Gasteiger partial charge in [-0.25, -0.2) is 9.49 Å². The second kappa shape index (κ2) is 9.66. The fourth-order valence-electron chi connectivity index (χ4n) is 4.83. The highest BCUT2D eigenvalue weighted by atomic mass is 35.5. The van der Waals surface area contributed by atoms with E-state index in [9.17, 15) is 14.4 Å². The van der Waals surface area contributed by atoms with Gasteiger partial charge in [-0.05, 0) is 43.0 Å². The van der Waals surface area contributed by atoms with Gasteiger partial charge in [-0.1, -0.05) is 23.7 Å². The van der Waals surface area contributed by atoms with Crippen LogP contribution in [-0.2, 0) is 11.2 Å². The molecule has 3 aromatic rings. The second-order valence-electron chi connectivity index (χ2n) is 9.10. The molecule has 2 aromatic carbocycles. The van der Waals surface area contributed by atoms with Crippen LogP contribution >= 0.6 is 11.6 Å². The number of carbonyl (C=O) groups excluding carboxylic acids is 1. The zero-order valence-corrected chi connectivity index (χ0v) is 20.4. The van der Waals surface area contributed by atoms with Crippen LogP contribution in [0.5, 0.6) is 5.75 Å². The van der Waals surface area contributed by atoms with E-state index in [1.54, 1.807) is 36.2 Å². The van der Waals surface area contributed by atoms with Crippen LogP contribution in [0, 0.1) is 22.6 Å². The number of hydrogen-bond donors (Lipinski definition) is 2. The van der Waals surface area contributed by atoms with Crippen molar-refractivity contribution in [1.29, 1.82) is 5.26 Å². The third kappa shape index (κ3) is 4.54. The highest BCUT2D eigenvalue weighted by Gasteiger charge is 2.40. The van der Waals surface area contributed by atoms with Gasteiger partial charge in [-0.3, -0.25) is 4.79 Å². The van der Waals surface area contributed by atoms with Crippen molar-refractivity contribution < 1.29 is 13.9 Å².